The van der Waals surface area contributed by atoms with E-state index >= 15 is 0 Å². The molecule has 0 aliphatic rings. The van der Waals surface area contributed by atoms with Crippen molar-refractivity contribution in [3.63, 3.8) is 0 Å². The molecule has 3 N–H and O–H groups in total. The van der Waals surface area contributed by atoms with Gasteiger partial charge in [0.2, 0.25) is 5.95 Å². The fourth-order valence-corrected chi connectivity index (χ4v) is 3.14. The number of para-hydroxylation sites is 2. The molecule has 0 amide bonds. The topological polar surface area (TPSA) is 95.8 Å². The minimum absolute atomic E-state index is 0.00234. The maximum atomic E-state index is 13.4. The van der Waals surface area contributed by atoms with Crippen molar-refractivity contribution in [2.75, 3.05) is 23.3 Å². The standard InChI is InChI=1S/C25H19F4N7O/c1-37-22-5-3-2-4-21(22)32-23-12-24(35-30-13-15-6-17(26)10-18(27)7-15)34-25(33-23)36-31-14-16-8-19(28)11-20(29)9-16/h2-14H,1H3,(H3,32,33,34,35,36). The van der Waals surface area contributed by atoms with Gasteiger partial charge in [-0.2, -0.15) is 20.2 Å². The lowest BCUT2D eigenvalue weighted by atomic mass is 10.2. The Bertz CT molecular complexity index is 1340. The molecule has 188 valence electrons. The first-order chi connectivity index (χ1) is 17.9. The zero-order valence-electron chi connectivity index (χ0n) is 19.2. The van der Waals surface area contributed by atoms with Crippen molar-refractivity contribution in [2.24, 2.45) is 10.2 Å². The van der Waals surface area contributed by atoms with Crippen molar-refractivity contribution >= 4 is 35.7 Å². The van der Waals surface area contributed by atoms with Crippen LogP contribution in [0.4, 0.5) is 40.8 Å². The number of hydrogen-bond donors (Lipinski definition) is 3. The summed E-state index contributed by atoms with van der Waals surface area (Å²) in [6, 6.07) is 14.6. The highest BCUT2D eigenvalue weighted by molar-refractivity contribution is 5.81. The summed E-state index contributed by atoms with van der Waals surface area (Å²) in [5.74, 6) is -1.92. The monoisotopic (exact) mass is 509 g/mol. The molecule has 0 saturated carbocycles. The molecule has 1 heterocycles. The maximum absolute atomic E-state index is 13.4. The van der Waals surface area contributed by atoms with E-state index in [2.05, 4.69) is 36.3 Å². The van der Waals surface area contributed by atoms with Crippen LogP contribution in [0.3, 0.4) is 0 Å². The van der Waals surface area contributed by atoms with Crippen LogP contribution < -0.4 is 20.9 Å². The highest BCUT2D eigenvalue weighted by Gasteiger charge is 2.08. The number of ether oxygens (including phenoxy) is 1. The third-order valence-electron chi connectivity index (χ3n) is 4.64. The Morgan fingerprint density at radius 3 is 1.84 bits per heavy atom. The van der Waals surface area contributed by atoms with Gasteiger partial charge in [-0.3, -0.25) is 5.43 Å². The first-order valence-corrected chi connectivity index (χ1v) is 10.7. The van der Waals surface area contributed by atoms with Crippen molar-refractivity contribution < 1.29 is 22.3 Å². The van der Waals surface area contributed by atoms with Crippen molar-refractivity contribution in [2.45, 2.75) is 0 Å². The van der Waals surface area contributed by atoms with Crippen LogP contribution in [0.5, 0.6) is 5.75 Å². The number of rotatable bonds is 9. The molecule has 12 heteroatoms. The quantitative estimate of drug-likeness (QED) is 0.153. The molecule has 0 bridgehead atoms. The van der Waals surface area contributed by atoms with Crippen LogP contribution in [-0.2, 0) is 0 Å². The molecule has 8 nitrogen and oxygen atoms in total. The Balaban J connectivity index is 1.58. The van der Waals surface area contributed by atoms with Gasteiger partial charge in [0.1, 0.15) is 34.8 Å². The van der Waals surface area contributed by atoms with Gasteiger partial charge in [0, 0.05) is 29.3 Å². The molecule has 0 aliphatic heterocycles. The second kappa shape index (κ2) is 11.6. The van der Waals surface area contributed by atoms with Crippen LogP contribution in [0.25, 0.3) is 0 Å². The fourth-order valence-electron chi connectivity index (χ4n) is 3.14. The number of halogens is 4. The first kappa shape index (κ1) is 25.1. The summed E-state index contributed by atoms with van der Waals surface area (Å²) in [7, 11) is 1.52. The van der Waals surface area contributed by atoms with Crippen LogP contribution >= 0.6 is 0 Å². The lowest BCUT2D eigenvalue weighted by Gasteiger charge is -2.12. The summed E-state index contributed by atoms with van der Waals surface area (Å²) >= 11 is 0. The number of benzene rings is 3. The normalized spacial score (nSPS) is 11.2. The lowest BCUT2D eigenvalue weighted by molar-refractivity contribution is 0.417. The summed E-state index contributed by atoms with van der Waals surface area (Å²) < 4.78 is 59.0. The highest BCUT2D eigenvalue weighted by atomic mass is 19.1. The van der Waals surface area contributed by atoms with E-state index in [-0.39, 0.29) is 22.9 Å². The second-order valence-corrected chi connectivity index (χ2v) is 7.43. The van der Waals surface area contributed by atoms with E-state index in [1.165, 1.54) is 25.6 Å². The molecule has 4 rings (SSSR count). The van der Waals surface area contributed by atoms with Gasteiger partial charge in [-0.1, -0.05) is 12.1 Å². The minimum Gasteiger partial charge on any atom is -0.495 e. The maximum Gasteiger partial charge on any atom is 0.247 e. The smallest absolute Gasteiger partial charge is 0.247 e. The summed E-state index contributed by atoms with van der Waals surface area (Å²) in [6.45, 7) is 0. The predicted molar refractivity (Wildman–Crippen MR) is 133 cm³/mol. The largest absolute Gasteiger partial charge is 0.495 e. The zero-order chi connectivity index (χ0) is 26.2. The van der Waals surface area contributed by atoms with Gasteiger partial charge in [0.05, 0.1) is 25.2 Å². The molecular formula is C25H19F4N7O. The van der Waals surface area contributed by atoms with Gasteiger partial charge in [-0.05, 0) is 36.4 Å². The van der Waals surface area contributed by atoms with Gasteiger partial charge in [-0.15, -0.1) is 0 Å². The van der Waals surface area contributed by atoms with Crippen molar-refractivity contribution in [3.05, 3.63) is 101 Å². The third kappa shape index (κ3) is 7.24. The van der Waals surface area contributed by atoms with Crippen LogP contribution in [0, 0.1) is 23.3 Å². The fraction of sp³-hybridized carbons (Fsp3) is 0.0400. The molecule has 0 saturated heterocycles. The molecule has 4 aromatic rings. The van der Waals surface area contributed by atoms with E-state index in [0.29, 0.717) is 17.3 Å². The Morgan fingerprint density at radius 1 is 0.703 bits per heavy atom. The summed E-state index contributed by atoms with van der Waals surface area (Å²) in [6.07, 6.45) is 2.41. The molecule has 0 unspecified atom stereocenters. The lowest BCUT2D eigenvalue weighted by Crippen LogP contribution is -2.04. The van der Waals surface area contributed by atoms with Crippen LogP contribution in [0.2, 0.25) is 0 Å². The van der Waals surface area contributed by atoms with Crippen LogP contribution in [-0.4, -0.2) is 29.5 Å². The third-order valence-corrected chi connectivity index (χ3v) is 4.64. The second-order valence-electron chi connectivity index (χ2n) is 7.43. The zero-order valence-corrected chi connectivity index (χ0v) is 19.2. The number of anilines is 4. The Kier molecular flexibility index (Phi) is 7.88. The minimum atomic E-state index is -0.747. The van der Waals surface area contributed by atoms with Gasteiger partial charge in [0.15, 0.2) is 5.82 Å². The molecule has 0 aliphatic carbocycles. The Labute approximate surface area is 208 Å². The summed E-state index contributed by atoms with van der Waals surface area (Å²) in [5, 5.41) is 11.0. The molecule has 0 spiro atoms. The Morgan fingerprint density at radius 2 is 1.24 bits per heavy atom. The van der Waals surface area contributed by atoms with Gasteiger partial charge in [0.25, 0.3) is 0 Å². The Hall–Kier alpha value is -5.00. The molecule has 0 radical (unpaired) electrons. The summed E-state index contributed by atoms with van der Waals surface area (Å²) in [4.78, 5) is 8.54. The van der Waals surface area contributed by atoms with Gasteiger partial charge >= 0.3 is 0 Å². The number of hydrazone groups is 2. The van der Waals surface area contributed by atoms with E-state index in [1.54, 1.807) is 24.3 Å². The average molecular weight is 509 g/mol. The molecule has 3 aromatic carbocycles. The number of nitrogens with zero attached hydrogens (tertiary/aromatic N) is 4. The highest BCUT2D eigenvalue weighted by Crippen LogP contribution is 2.27. The van der Waals surface area contributed by atoms with E-state index in [9.17, 15) is 17.6 Å². The van der Waals surface area contributed by atoms with Crippen molar-refractivity contribution in [3.8, 4) is 5.75 Å². The molecule has 37 heavy (non-hydrogen) atoms. The average Bonchev–Trinajstić information content (AvgIpc) is 2.83. The number of aromatic nitrogens is 2. The van der Waals surface area contributed by atoms with Gasteiger partial charge < -0.3 is 10.1 Å². The first-order valence-electron chi connectivity index (χ1n) is 10.7. The van der Waals surface area contributed by atoms with E-state index in [4.69, 9.17) is 4.74 Å². The molecular weight excluding hydrogens is 490 g/mol. The van der Waals surface area contributed by atoms with Crippen LogP contribution in [0.1, 0.15) is 11.1 Å². The molecule has 0 atom stereocenters. The summed E-state index contributed by atoms with van der Waals surface area (Å²) in [5.41, 5.74) is 6.23. The SMILES string of the molecule is COc1ccccc1Nc1cc(NN=Cc2cc(F)cc(F)c2)nc(NN=Cc2cc(F)cc(F)c2)n1. The number of methoxy groups -OCH3 is 1. The molecule has 1 aromatic heterocycles. The number of hydrogen-bond acceptors (Lipinski definition) is 8. The van der Waals surface area contributed by atoms with E-state index < -0.39 is 23.3 Å². The van der Waals surface area contributed by atoms with Gasteiger partial charge in [-0.25, -0.2) is 23.0 Å². The molecule has 0 fully saturated rings. The van der Waals surface area contributed by atoms with Crippen LogP contribution in [0.15, 0.2) is 76.9 Å². The van der Waals surface area contributed by atoms with E-state index in [0.717, 1.165) is 36.4 Å². The predicted octanol–water partition coefficient (Wildman–Crippen LogP) is 5.68. The van der Waals surface area contributed by atoms with Crippen molar-refractivity contribution in [1.29, 1.82) is 0 Å². The van der Waals surface area contributed by atoms with Crippen molar-refractivity contribution in [1.82, 2.24) is 9.97 Å². The number of nitrogens with one attached hydrogen (secondary N) is 3. The van der Waals surface area contributed by atoms with E-state index in [1.807, 2.05) is 0 Å².